The van der Waals surface area contributed by atoms with Crippen LogP contribution in [-0.2, 0) is 30.3 Å². The predicted octanol–water partition coefficient (Wildman–Crippen LogP) is 4.39. The number of likely N-dealkylation sites (tertiary alicyclic amines) is 1. The summed E-state index contributed by atoms with van der Waals surface area (Å²) in [5.74, 6) is -3.60. The van der Waals surface area contributed by atoms with Crippen molar-refractivity contribution >= 4 is 45.3 Å². The van der Waals surface area contributed by atoms with Gasteiger partial charge in [0, 0.05) is 22.0 Å². The lowest BCUT2D eigenvalue weighted by Crippen LogP contribution is -2.41. The number of esters is 1. The molecule has 3 amide bonds. The zero-order valence-electron chi connectivity index (χ0n) is 20.6. The number of halogens is 1. The minimum Gasteiger partial charge on any atom is -0.454 e. The van der Waals surface area contributed by atoms with Gasteiger partial charge in [0.25, 0.3) is 5.91 Å². The molecule has 7 nitrogen and oxygen atoms in total. The van der Waals surface area contributed by atoms with Gasteiger partial charge in [0.2, 0.25) is 11.8 Å². The number of hydrogen-bond acceptors (Lipinski definition) is 5. The Morgan fingerprint density at radius 2 is 1.39 bits per heavy atom. The van der Waals surface area contributed by atoms with Gasteiger partial charge in [0.1, 0.15) is 6.54 Å². The maximum absolute atomic E-state index is 13.6. The highest BCUT2D eigenvalue weighted by atomic mass is 79.9. The number of rotatable bonds is 6. The van der Waals surface area contributed by atoms with Gasteiger partial charge in [-0.1, -0.05) is 71.4 Å². The first-order valence-electron chi connectivity index (χ1n) is 12.7. The van der Waals surface area contributed by atoms with Gasteiger partial charge in [0.05, 0.1) is 11.8 Å². The fourth-order valence-corrected chi connectivity index (χ4v) is 6.79. The predicted molar refractivity (Wildman–Crippen MR) is 143 cm³/mol. The van der Waals surface area contributed by atoms with E-state index in [9.17, 15) is 19.2 Å². The first kappa shape index (κ1) is 24.6. The minimum absolute atomic E-state index is 0.237. The smallest absolute Gasteiger partial charge is 0.326 e. The second kappa shape index (κ2) is 9.51. The summed E-state index contributed by atoms with van der Waals surface area (Å²) in [6, 6.07) is 21.4. The van der Waals surface area contributed by atoms with Gasteiger partial charge in [-0.15, -0.1) is 0 Å². The average molecular weight is 573 g/mol. The molecule has 2 bridgehead atoms. The van der Waals surface area contributed by atoms with Crippen molar-refractivity contribution in [2.45, 2.75) is 25.2 Å². The monoisotopic (exact) mass is 572 g/mol. The third kappa shape index (κ3) is 3.86. The molecular formula is C30H25BrN2O5. The largest absolute Gasteiger partial charge is 0.454 e. The number of ether oxygens (including phenoxy) is 1. The summed E-state index contributed by atoms with van der Waals surface area (Å²) in [7, 11) is 0. The van der Waals surface area contributed by atoms with Crippen LogP contribution in [0.2, 0.25) is 0 Å². The molecule has 3 aliphatic carbocycles. The molecule has 0 aromatic heterocycles. The number of aryl methyl sites for hydroxylation is 1. The fraction of sp³-hybridized carbons (Fsp3) is 0.267. The molecule has 8 heteroatoms. The summed E-state index contributed by atoms with van der Waals surface area (Å²) in [6.45, 7) is 0.953. The van der Waals surface area contributed by atoms with Crippen molar-refractivity contribution in [2.24, 2.45) is 11.8 Å². The first-order chi connectivity index (χ1) is 18.4. The average Bonchev–Trinajstić information content (AvgIpc) is 3.18. The van der Waals surface area contributed by atoms with Gasteiger partial charge < -0.3 is 10.1 Å². The molecule has 1 aliphatic heterocycles. The molecule has 1 saturated heterocycles. The summed E-state index contributed by atoms with van der Waals surface area (Å²) in [6.07, 6.45) is 0.714. The van der Waals surface area contributed by atoms with E-state index < -0.39 is 36.9 Å². The Labute approximate surface area is 228 Å². The van der Waals surface area contributed by atoms with E-state index in [0.29, 0.717) is 12.1 Å². The van der Waals surface area contributed by atoms with Crippen LogP contribution < -0.4 is 5.32 Å². The molecule has 0 radical (unpaired) electrons. The summed E-state index contributed by atoms with van der Waals surface area (Å²) < 4.78 is 6.07. The Morgan fingerprint density at radius 3 is 1.89 bits per heavy atom. The molecule has 0 saturated carbocycles. The number of nitrogens with zero attached hydrogens (tertiary/aromatic N) is 1. The number of benzene rings is 3. The second-order valence-electron chi connectivity index (χ2n) is 9.89. The summed E-state index contributed by atoms with van der Waals surface area (Å²) in [5.41, 5.74) is 5.85. The van der Waals surface area contributed by atoms with E-state index in [0.717, 1.165) is 37.2 Å². The standard InChI is InChI=1S/C30H25BrN2O5/c1-2-16-13-17(31)11-12-22(16)32-23(34)15-38-24(35)14-33-29(36)27-25-18-7-3-4-8-19(18)26(28(27)30(33)37)21-10-6-5-9-20(21)25/h3-13,25-28H,2,14-15H2,1H3,(H,32,34)/t25?,26?,27-,28-/m1/s1. The number of hydrogen-bond donors (Lipinski definition) is 1. The van der Waals surface area contributed by atoms with E-state index in [1.165, 1.54) is 0 Å². The highest BCUT2D eigenvalue weighted by Crippen LogP contribution is 2.60. The number of nitrogens with one attached hydrogen (secondary N) is 1. The first-order valence-corrected chi connectivity index (χ1v) is 13.4. The van der Waals surface area contributed by atoms with Gasteiger partial charge in [0.15, 0.2) is 6.61 Å². The Kier molecular flexibility index (Phi) is 6.14. The molecule has 2 atom stereocenters. The van der Waals surface area contributed by atoms with Gasteiger partial charge in [-0.25, -0.2) is 0 Å². The summed E-state index contributed by atoms with van der Waals surface area (Å²) >= 11 is 3.41. The molecule has 3 aromatic rings. The van der Waals surface area contributed by atoms with E-state index in [-0.39, 0.29) is 23.7 Å². The zero-order valence-corrected chi connectivity index (χ0v) is 22.2. The van der Waals surface area contributed by atoms with Crippen LogP contribution in [0.1, 0.15) is 46.6 Å². The van der Waals surface area contributed by atoms with Crippen LogP contribution in [0.15, 0.2) is 71.2 Å². The van der Waals surface area contributed by atoms with Crippen molar-refractivity contribution in [3.05, 3.63) is 99.0 Å². The van der Waals surface area contributed by atoms with Crippen molar-refractivity contribution in [3.8, 4) is 0 Å². The molecule has 7 rings (SSSR count). The SMILES string of the molecule is CCc1cc(Br)ccc1NC(=O)COC(=O)CN1C(=O)[C@@H]2C3c4ccccc4C(c4ccccc43)[C@H]2C1=O. The van der Waals surface area contributed by atoms with Crippen molar-refractivity contribution < 1.29 is 23.9 Å². The lowest BCUT2D eigenvalue weighted by Gasteiger charge is -2.45. The normalized spacial score (nSPS) is 22.5. The van der Waals surface area contributed by atoms with E-state index in [4.69, 9.17) is 4.74 Å². The van der Waals surface area contributed by atoms with E-state index in [2.05, 4.69) is 21.2 Å². The van der Waals surface area contributed by atoms with Crippen LogP contribution in [0.5, 0.6) is 0 Å². The van der Waals surface area contributed by atoms with E-state index in [1.807, 2.05) is 67.6 Å². The van der Waals surface area contributed by atoms with Crippen LogP contribution in [0, 0.1) is 11.8 Å². The van der Waals surface area contributed by atoms with Crippen molar-refractivity contribution in [1.82, 2.24) is 4.90 Å². The van der Waals surface area contributed by atoms with Crippen LogP contribution in [0.4, 0.5) is 5.69 Å². The van der Waals surface area contributed by atoms with Crippen LogP contribution in [0.25, 0.3) is 0 Å². The van der Waals surface area contributed by atoms with Crippen molar-refractivity contribution in [2.75, 3.05) is 18.5 Å². The van der Waals surface area contributed by atoms with Crippen LogP contribution in [-0.4, -0.2) is 41.7 Å². The quantitative estimate of drug-likeness (QED) is 0.349. The molecule has 38 heavy (non-hydrogen) atoms. The number of carbonyl (C=O) groups is 4. The van der Waals surface area contributed by atoms with Gasteiger partial charge >= 0.3 is 5.97 Å². The Bertz CT molecular complexity index is 1390. The second-order valence-corrected chi connectivity index (χ2v) is 10.8. The molecule has 0 spiro atoms. The molecule has 4 aliphatic rings. The molecule has 1 heterocycles. The van der Waals surface area contributed by atoms with Crippen LogP contribution >= 0.6 is 15.9 Å². The van der Waals surface area contributed by atoms with Crippen molar-refractivity contribution in [3.63, 3.8) is 0 Å². The van der Waals surface area contributed by atoms with Gasteiger partial charge in [-0.3, -0.25) is 24.1 Å². The summed E-state index contributed by atoms with van der Waals surface area (Å²) in [5, 5.41) is 2.75. The molecule has 1 N–H and O–H groups in total. The summed E-state index contributed by atoms with van der Waals surface area (Å²) in [4.78, 5) is 53.3. The maximum atomic E-state index is 13.6. The lowest BCUT2D eigenvalue weighted by atomic mass is 9.55. The highest BCUT2D eigenvalue weighted by molar-refractivity contribution is 9.10. The fourth-order valence-electron chi connectivity index (χ4n) is 6.38. The molecular weight excluding hydrogens is 548 g/mol. The number of amides is 3. The number of anilines is 1. The van der Waals surface area contributed by atoms with Crippen molar-refractivity contribution in [1.29, 1.82) is 0 Å². The Hall–Kier alpha value is -3.78. The Morgan fingerprint density at radius 1 is 0.868 bits per heavy atom. The zero-order chi connectivity index (χ0) is 26.6. The number of imide groups is 1. The van der Waals surface area contributed by atoms with Gasteiger partial charge in [-0.2, -0.15) is 0 Å². The lowest BCUT2D eigenvalue weighted by molar-refractivity contribution is -0.154. The van der Waals surface area contributed by atoms with Crippen LogP contribution in [0.3, 0.4) is 0 Å². The van der Waals surface area contributed by atoms with E-state index in [1.54, 1.807) is 6.07 Å². The number of carbonyl (C=O) groups excluding carboxylic acids is 4. The minimum atomic E-state index is -0.797. The van der Waals surface area contributed by atoms with Gasteiger partial charge in [-0.05, 0) is 52.4 Å². The van der Waals surface area contributed by atoms with E-state index >= 15 is 0 Å². The topological polar surface area (TPSA) is 92.8 Å². The molecule has 1 fully saturated rings. The molecule has 0 unspecified atom stereocenters. The highest BCUT2D eigenvalue weighted by Gasteiger charge is 2.61. The third-order valence-corrected chi connectivity index (χ3v) is 8.41. The molecule has 192 valence electrons. The Balaban J connectivity index is 1.17. The maximum Gasteiger partial charge on any atom is 0.326 e. The third-order valence-electron chi connectivity index (χ3n) is 7.91. The molecule has 3 aromatic carbocycles.